The summed E-state index contributed by atoms with van der Waals surface area (Å²) in [6.45, 7) is 4.49. The monoisotopic (exact) mass is 328 g/mol. The molecule has 2 heteroatoms. The van der Waals surface area contributed by atoms with Gasteiger partial charge in [0.15, 0.2) is 0 Å². The number of aromatic nitrogens is 1. The normalized spacial score (nSPS) is 15.2. The molecule has 126 valence electrons. The van der Waals surface area contributed by atoms with Crippen molar-refractivity contribution in [1.82, 2.24) is 4.98 Å². The van der Waals surface area contributed by atoms with Crippen LogP contribution in [0.5, 0.6) is 0 Å². The van der Waals surface area contributed by atoms with E-state index in [2.05, 4.69) is 77.5 Å². The molecule has 25 heavy (non-hydrogen) atoms. The fourth-order valence-corrected chi connectivity index (χ4v) is 3.59. The number of rotatable bonds is 3. The first-order valence-corrected chi connectivity index (χ1v) is 9.18. The summed E-state index contributed by atoms with van der Waals surface area (Å²) in [5.74, 6) is 0. The second-order valence-electron chi connectivity index (χ2n) is 6.88. The third-order valence-electron chi connectivity index (χ3n) is 5.01. The lowest BCUT2D eigenvalue weighted by Crippen LogP contribution is -2.30. The van der Waals surface area contributed by atoms with Gasteiger partial charge in [0.25, 0.3) is 0 Å². The number of hydrogen-bond acceptors (Lipinski definition) is 2. The van der Waals surface area contributed by atoms with Crippen molar-refractivity contribution >= 4 is 28.6 Å². The van der Waals surface area contributed by atoms with Crippen molar-refractivity contribution in [3.05, 3.63) is 71.5 Å². The summed E-state index contributed by atoms with van der Waals surface area (Å²) in [6.07, 6.45) is 10.2. The Morgan fingerprint density at radius 2 is 1.68 bits per heavy atom. The first-order chi connectivity index (χ1) is 12.3. The first-order valence-electron chi connectivity index (χ1n) is 9.18. The van der Waals surface area contributed by atoms with Gasteiger partial charge in [-0.05, 0) is 66.3 Å². The van der Waals surface area contributed by atoms with E-state index in [4.69, 9.17) is 0 Å². The van der Waals surface area contributed by atoms with Crippen molar-refractivity contribution in [3.8, 4) is 0 Å². The first kappa shape index (κ1) is 15.9. The van der Waals surface area contributed by atoms with Crippen LogP contribution in [0.15, 0.2) is 54.7 Å². The second-order valence-corrected chi connectivity index (χ2v) is 6.88. The van der Waals surface area contributed by atoms with Gasteiger partial charge in [-0.1, -0.05) is 42.5 Å². The van der Waals surface area contributed by atoms with E-state index < -0.39 is 0 Å². The Balaban J connectivity index is 1.59. The summed E-state index contributed by atoms with van der Waals surface area (Å²) in [5.41, 5.74) is 4.84. The Morgan fingerprint density at radius 3 is 2.52 bits per heavy atom. The highest BCUT2D eigenvalue weighted by Gasteiger charge is 2.13. The lowest BCUT2D eigenvalue weighted by atomic mass is 10.1. The Morgan fingerprint density at radius 1 is 0.880 bits per heavy atom. The molecule has 1 aliphatic rings. The van der Waals surface area contributed by atoms with E-state index >= 15 is 0 Å². The van der Waals surface area contributed by atoms with Gasteiger partial charge in [0.05, 0.1) is 5.69 Å². The minimum absolute atomic E-state index is 1.03. The maximum absolute atomic E-state index is 4.60. The van der Waals surface area contributed by atoms with Crippen molar-refractivity contribution in [3.63, 3.8) is 0 Å². The van der Waals surface area contributed by atoms with Crippen LogP contribution >= 0.6 is 0 Å². The van der Waals surface area contributed by atoms with Crippen molar-refractivity contribution < 1.29 is 0 Å². The zero-order valence-corrected chi connectivity index (χ0v) is 14.8. The Hall–Kier alpha value is -2.61. The van der Waals surface area contributed by atoms with E-state index in [-0.39, 0.29) is 0 Å². The van der Waals surface area contributed by atoms with Crippen molar-refractivity contribution in [2.24, 2.45) is 0 Å². The van der Waals surface area contributed by atoms with E-state index in [0.29, 0.717) is 0 Å². The molecule has 1 saturated heterocycles. The Labute approximate surface area is 149 Å². The van der Waals surface area contributed by atoms with Gasteiger partial charge in [0, 0.05) is 25.0 Å². The minimum atomic E-state index is 1.03. The summed E-state index contributed by atoms with van der Waals surface area (Å²) in [7, 11) is 0. The van der Waals surface area contributed by atoms with Crippen LogP contribution in [-0.4, -0.2) is 18.1 Å². The van der Waals surface area contributed by atoms with Gasteiger partial charge < -0.3 is 4.90 Å². The summed E-state index contributed by atoms with van der Waals surface area (Å²) < 4.78 is 0. The van der Waals surface area contributed by atoms with Crippen LogP contribution in [0.1, 0.15) is 36.1 Å². The number of nitrogens with zero attached hydrogens (tertiary/aromatic N) is 2. The summed E-state index contributed by atoms with van der Waals surface area (Å²) in [5, 5.41) is 2.55. The second kappa shape index (κ2) is 7.10. The van der Waals surface area contributed by atoms with Gasteiger partial charge in [-0.2, -0.15) is 0 Å². The van der Waals surface area contributed by atoms with Crippen LogP contribution < -0.4 is 4.90 Å². The molecule has 0 saturated carbocycles. The number of benzene rings is 2. The number of hydrogen-bond donors (Lipinski definition) is 0. The minimum Gasteiger partial charge on any atom is -0.371 e. The molecule has 2 nitrogen and oxygen atoms in total. The van der Waals surface area contributed by atoms with Crippen LogP contribution in [-0.2, 0) is 0 Å². The molecule has 1 fully saturated rings. The van der Waals surface area contributed by atoms with Crippen LogP contribution in [0.4, 0.5) is 5.69 Å². The van der Waals surface area contributed by atoms with E-state index in [9.17, 15) is 0 Å². The average Bonchev–Trinajstić information content (AvgIpc) is 2.68. The van der Waals surface area contributed by atoms with Crippen molar-refractivity contribution in [2.45, 2.75) is 26.2 Å². The number of piperidine rings is 1. The van der Waals surface area contributed by atoms with Gasteiger partial charge in [0.2, 0.25) is 0 Å². The predicted octanol–water partition coefficient (Wildman–Crippen LogP) is 5.70. The Bertz CT molecular complexity index is 905. The lowest BCUT2D eigenvalue weighted by molar-refractivity contribution is 0.577. The van der Waals surface area contributed by atoms with Crippen LogP contribution in [0.2, 0.25) is 0 Å². The molecule has 2 heterocycles. The van der Waals surface area contributed by atoms with Crippen LogP contribution in [0, 0.1) is 6.92 Å². The molecule has 0 radical (unpaired) electrons. The van der Waals surface area contributed by atoms with Crippen LogP contribution in [0.3, 0.4) is 0 Å². The fourth-order valence-electron chi connectivity index (χ4n) is 3.59. The molecular formula is C23H24N2. The number of aryl methyl sites for hydroxylation is 1. The maximum Gasteiger partial charge on any atom is 0.0650 e. The largest absolute Gasteiger partial charge is 0.371 e. The standard InChI is InChI=1S/C23H24N2/c1-18-17-24-22(16-23(18)25-13-5-2-6-14-25)12-10-19-9-11-20-7-3-4-8-21(20)15-19/h3-4,7-12,15-17H,2,5-6,13-14H2,1H3/b12-10+. The smallest absolute Gasteiger partial charge is 0.0650 e. The molecular weight excluding hydrogens is 304 g/mol. The van der Waals surface area contributed by atoms with Crippen molar-refractivity contribution in [2.75, 3.05) is 18.0 Å². The van der Waals surface area contributed by atoms with Crippen molar-refractivity contribution in [1.29, 1.82) is 0 Å². The SMILES string of the molecule is Cc1cnc(/C=C/c2ccc3ccccc3c2)cc1N1CCCCC1. The highest BCUT2D eigenvalue weighted by Crippen LogP contribution is 2.25. The summed E-state index contributed by atoms with van der Waals surface area (Å²) in [4.78, 5) is 7.11. The van der Waals surface area contributed by atoms with Gasteiger partial charge in [0.1, 0.15) is 0 Å². The molecule has 0 amide bonds. The summed E-state index contributed by atoms with van der Waals surface area (Å²) >= 11 is 0. The number of anilines is 1. The molecule has 2 aromatic carbocycles. The van der Waals surface area contributed by atoms with E-state index in [1.807, 2.05) is 6.20 Å². The van der Waals surface area contributed by atoms with Crippen LogP contribution in [0.25, 0.3) is 22.9 Å². The third-order valence-corrected chi connectivity index (χ3v) is 5.01. The molecule has 0 aliphatic carbocycles. The quantitative estimate of drug-likeness (QED) is 0.613. The Kier molecular flexibility index (Phi) is 4.51. The van der Waals surface area contributed by atoms with Gasteiger partial charge in [-0.3, -0.25) is 4.98 Å². The van der Waals surface area contributed by atoms with E-state index in [1.165, 1.54) is 59.9 Å². The molecule has 0 spiro atoms. The maximum atomic E-state index is 4.60. The number of fused-ring (bicyclic) bond motifs is 1. The molecule has 1 aliphatic heterocycles. The zero-order valence-electron chi connectivity index (χ0n) is 14.8. The van der Waals surface area contributed by atoms with E-state index in [1.54, 1.807) is 0 Å². The molecule has 1 aromatic heterocycles. The molecule has 0 N–H and O–H groups in total. The van der Waals surface area contributed by atoms with Gasteiger partial charge >= 0.3 is 0 Å². The van der Waals surface area contributed by atoms with E-state index in [0.717, 1.165) is 5.69 Å². The third kappa shape index (κ3) is 3.58. The molecule has 0 atom stereocenters. The van der Waals surface area contributed by atoms with Gasteiger partial charge in [-0.25, -0.2) is 0 Å². The molecule has 3 aromatic rings. The molecule has 0 bridgehead atoms. The predicted molar refractivity (Wildman–Crippen MR) is 108 cm³/mol. The summed E-state index contributed by atoms with van der Waals surface area (Å²) in [6, 6.07) is 17.3. The fraction of sp³-hybridized carbons (Fsp3) is 0.261. The number of pyridine rings is 1. The average molecular weight is 328 g/mol. The highest BCUT2D eigenvalue weighted by atomic mass is 15.1. The highest BCUT2D eigenvalue weighted by molar-refractivity contribution is 5.85. The molecule has 0 unspecified atom stereocenters. The zero-order chi connectivity index (χ0) is 17.1. The molecule has 4 rings (SSSR count). The lowest BCUT2D eigenvalue weighted by Gasteiger charge is -2.30. The van der Waals surface area contributed by atoms with Gasteiger partial charge in [-0.15, -0.1) is 0 Å². The topological polar surface area (TPSA) is 16.1 Å².